The highest BCUT2D eigenvalue weighted by Gasteiger charge is 2.14. The van der Waals surface area contributed by atoms with Crippen LogP contribution in [-0.2, 0) is 6.42 Å². The number of benzene rings is 2. The van der Waals surface area contributed by atoms with Gasteiger partial charge in [0.05, 0.1) is 7.11 Å². The van der Waals surface area contributed by atoms with Gasteiger partial charge in [-0.05, 0) is 54.3 Å². The van der Waals surface area contributed by atoms with Gasteiger partial charge in [-0.1, -0.05) is 12.1 Å². The zero-order chi connectivity index (χ0) is 15.2. The van der Waals surface area contributed by atoms with E-state index >= 15 is 0 Å². The lowest BCUT2D eigenvalue weighted by molar-refractivity contribution is 0.414. The molecule has 0 bridgehead atoms. The van der Waals surface area contributed by atoms with E-state index in [0.717, 1.165) is 24.2 Å². The van der Waals surface area contributed by atoms with Crippen molar-refractivity contribution in [2.24, 2.45) is 5.84 Å². The number of hydrogen-bond donors (Lipinski definition) is 3. The van der Waals surface area contributed by atoms with E-state index in [1.165, 1.54) is 12.1 Å². The summed E-state index contributed by atoms with van der Waals surface area (Å²) in [6.45, 7) is 0. The largest absolute Gasteiger partial charge is 0.497 e. The molecule has 21 heavy (non-hydrogen) atoms. The molecule has 2 aromatic rings. The van der Waals surface area contributed by atoms with E-state index in [1.807, 2.05) is 24.3 Å². The molecule has 0 aliphatic heterocycles. The standard InChI is InChI=1S/C16H20FN3O/c1-21-13-6-2-11(3-7-13)4-9-16(20-19)14-10-12(17)5-8-15(14)18/h2-3,5-8,10,16,20H,4,9,18-19H2,1H3. The SMILES string of the molecule is COc1ccc(CCC(NN)c2cc(F)ccc2N)cc1. The summed E-state index contributed by atoms with van der Waals surface area (Å²) in [7, 11) is 1.64. The Morgan fingerprint density at radius 2 is 1.90 bits per heavy atom. The molecule has 2 aromatic carbocycles. The Hall–Kier alpha value is -2.11. The van der Waals surface area contributed by atoms with E-state index < -0.39 is 0 Å². The number of nitrogens with one attached hydrogen (secondary N) is 1. The normalized spacial score (nSPS) is 12.1. The van der Waals surface area contributed by atoms with E-state index in [4.69, 9.17) is 16.3 Å². The number of methoxy groups -OCH3 is 1. The molecule has 0 fully saturated rings. The summed E-state index contributed by atoms with van der Waals surface area (Å²) in [4.78, 5) is 0. The van der Waals surface area contributed by atoms with Crippen LogP contribution in [0.5, 0.6) is 5.75 Å². The molecule has 0 radical (unpaired) electrons. The average molecular weight is 289 g/mol. The summed E-state index contributed by atoms with van der Waals surface area (Å²) in [5.41, 5.74) is 11.0. The second-order valence-electron chi connectivity index (χ2n) is 4.88. The summed E-state index contributed by atoms with van der Waals surface area (Å²) in [6.07, 6.45) is 1.52. The second kappa shape index (κ2) is 7.06. The maximum absolute atomic E-state index is 13.4. The quantitative estimate of drug-likeness (QED) is 0.434. The monoisotopic (exact) mass is 289 g/mol. The highest BCUT2D eigenvalue weighted by Crippen LogP contribution is 2.25. The van der Waals surface area contributed by atoms with Crippen LogP contribution in [0.25, 0.3) is 0 Å². The van der Waals surface area contributed by atoms with Gasteiger partial charge in [-0.15, -0.1) is 0 Å². The Kier molecular flexibility index (Phi) is 5.14. The van der Waals surface area contributed by atoms with Crippen LogP contribution in [0, 0.1) is 5.82 Å². The molecule has 5 N–H and O–H groups in total. The third kappa shape index (κ3) is 3.93. The number of anilines is 1. The number of nitrogen functional groups attached to an aromatic ring is 1. The van der Waals surface area contributed by atoms with Crippen molar-refractivity contribution in [3.05, 3.63) is 59.4 Å². The number of rotatable bonds is 6. The molecule has 4 nitrogen and oxygen atoms in total. The van der Waals surface area contributed by atoms with E-state index in [1.54, 1.807) is 13.2 Å². The van der Waals surface area contributed by atoms with Crippen LogP contribution in [0.4, 0.5) is 10.1 Å². The van der Waals surface area contributed by atoms with Crippen molar-refractivity contribution in [2.45, 2.75) is 18.9 Å². The molecule has 0 heterocycles. The maximum Gasteiger partial charge on any atom is 0.123 e. The Bertz CT molecular complexity index is 587. The topological polar surface area (TPSA) is 73.3 Å². The number of hydrogen-bond acceptors (Lipinski definition) is 4. The minimum absolute atomic E-state index is 0.192. The van der Waals surface area contributed by atoms with Gasteiger partial charge in [0.2, 0.25) is 0 Å². The Morgan fingerprint density at radius 3 is 2.52 bits per heavy atom. The van der Waals surface area contributed by atoms with Crippen LogP contribution in [-0.4, -0.2) is 7.11 Å². The first kappa shape index (κ1) is 15.3. The van der Waals surface area contributed by atoms with Crippen molar-refractivity contribution >= 4 is 5.69 Å². The first-order valence-corrected chi connectivity index (χ1v) is 6.78. The number of halogens is 1. The van der Waals surface area contributed by atoms with Crippen molar-refractivity contribution in [1.29, 1.82) is 0 Å². The molecule has 112 valence electrons. The van der Waals surface area contributed by atoms with Gasteiger partial charge in [-0.2, -0.15) is 0 Å². The van der Waals surface area contributed by atoms with Gasteiger partial charge >= 0.3 is 0 Å². The van der Waals surface area contributed by atoms with Crippen LogP contribution in [0.1, 0.15) is 23.6 Å². The van der Waals surface area contributed by atoms with Crippen LogP contribution in [0.3, 0.4) is 0 Å². The average Bonchev–Trinajstić information content (AvgIpc) is 2.51. The highest BCUT2D eigenvalue weighted by atomic mass is 19.1. The van der Waals surface area contributed by atoms with Gasteiger partial charge in [0.15, 0.2) is 0 Å². The van der Waals surface area contributed by atoms with Crippen molar-refractivity contribution in [1.82, 2.24) is 5.43 Å². The molecule has 1 atom stereocenters. The zero-order valence-electron chi connectivity index (χ0n) is 12.0. The number of nitrogens with two attached hydrogens (primary N) is 2. The lowest BCUT2D eigenvalue weighted by Crippen LogP contribution is -2.29. The summed E-state index contributed by atoms with van der Waals surface area (Å²) in [5, 5.41) is 0. The molecular weight excluding hydrogens is 269 g/mol. The van der Waals surface area contributed by atoms with Gasteiger partial charge in [0.1, 0.15) is 11.6 Å². The van der Waals surface area contributed by atoms with Gasteiger partial charge in [-0.25, -0.2) is 4.39 Å². The molecule has 0 aromatic heterocycles. The van der Waals surface area contributed by atoms with E-state index in [0.29, 0.717) is 11.3 Å². The summed E-state index contributed by atoms with van der Waals surface area (Å²) in [5.74, 6) is 6.09. The van der Waals surface area contributed by atoms with Gasteiger partial charge in [0, 0.05) is 11.7 Å². The zero-order valence-corrected chi connectivity index (χ0v) is 12.0. The molecule has 0 aliphatic carbocycles. The minimum atomic E-state index is -0.316. The smallest absolute Gasteiger partial charge is 0.123 e. The van der Waals surface area contributed by atoms with Crippen molar-refractivity contribution < 1.29 is 9.13 Å². The number of hydrazine groups is 1. The lowest BCUT2D eigenvalue weighted by Gasteiger charge is -2.18. The predicted octanol–water partition coefficient (Wildman–Crippen LogP) is 2.55. The molecule has 0 amide bonds. The Balaban J connectivity index is 2.06. The molecule has 5 heteroatoms. The lowest BCUT2D eigenvalue weighted by atomic mass is 9.98. The van der Waals surface area contributed by atoms with Crippen LogP contribution >= 0.6 is 0 Å². The third-order valence-corrected chi connectivity index (χ3v) is 3.51. The molecule has 0 spiro atoms. The molecule has 0 saturated heterocycles. The molecule has 1 unspecified atom stereocenters. The maximum atomic E-state index is 13.4. The Labute approximate surface area is 123 Å². The van der Waals surface area contributed by atoms with Crippen molar-refractivity contribution in [3.8, 4) is 5.75 Å². The highest BCUT2D eigenvalue weighted by molar-refractivity contribution is 5.48. The van der Waals surface area contributed by atoms with E-state index in [9.17, 15) is 4.39 Å². The van der Waals surface area contributed by atoms with Crippen molar-refractivity contribution in [2.75, 3.05) is 12.8 Å². The number of ether oxygens (including phenoxy) is 1. The fourth-order valence-electron chi connectivity index (χ4n) is 2.28. The van der Waals surface area contributed by atoms with Crippen molar-refractivity contribution in [3.63, 3.8) is 0 Å². The first-order valence-electron chi connectivity index (χ1n) is 6.78. The molecule has 0 saturated carbocycles. The van der Waals surface area contributed by atoms with Gasteiger partial charge in [0.25, 0.3) is 0 Å². The molecule has 2 rings (SSSR count). The number of aryl methyl sites for hydroxylation is 1. The first-order chi connectivity index (χ1) is 10.1. The van der Waals surface area contributed by atoms with Crippen LogP contribution in [0.2, 0.25) is 0 Å². The van der Waals surface area contributed by atoms with Crippen LogP contribution < -0.4 is 21.7 Å². The second-order valence-corrected chi connectivity index (χ2v) is 4.88. The fourth-order valence-corrected chi connectivity index (χ4v) is 2.28. The summed E-state index contributed by atoms with van der Waals surface area (Å²) >= 11 is 0. The van der Waals surface area contributed by atoms with Gasteiger partial charge < -0.3 is 10.5 Å². The van der Waals surface area contributed by atoms with Crippen LogP contribution in [0.15, 0.2) is 42.5 Å². The summed E-state index contributed by atoms with van der Waals surface area (Å²) < 4.78 is 18.5. The Morgan fingerprint density at radius 1 is 1.19 bits per heavy atom. The minimum Gasteiger partial charge on any atom is -0.497 e. The fraction of sp³-hybridized carbons (Fsp3) is 0.250. The summed E-state index contributed by atoms with van der Waals surface area (Å²) in [6, 6.07) is 12.0. The molecule has 0 aliphatic rings. The predicted molar refractivity (Wildman–Crippen MR) is 82.2 cm³/mol. The van der Waals surface area contributed by atoms with Gasteiger partial charge in [-0.3, -0.25) is 11.3 Å². The van der Waals surface area contributed by atoms with E-state index in [-0.39, 0.29) is 11.9 Å². The molecular formula is C16H20FN3O. The third-order valence-electron chi connectivity index (χ3n) is 3.51. The van der Waals surface area contributed by atoms with E-state index in [2.05, 4.69) is 5.43 Å².